The first-order valence-electron chi connectivity index (χ1n) is 5.38. The SMILES string of the molecule is CN(CCCCCCl)CCCS(C)(=O)=O. The minimum Gasteiger partial charge on any atom is -0.306 e. The molecule has 0 atom stereocenters. The van der Waals surface area contributed by atoms with Crippen molar-refractivity contribution in [1.82, 2.24) is 4.90 Å². The molecule has 0 fully saturated rings. The Morgan fingerprint density at radius 3 is 2.20 bits per heavy atom. The van der Waals surface area contributed by atoms with Gasteiger partial charge in [-0.1, -0.05) is 6.42 Å². The van der Waals surface area contributed by atoms with Crippen LogP contribution in [0, 0.1) is 0 Å². The summed E-state index contributed by atoms with van der Waals surface area (Å²) < 4.78 is 21.8. The van der Waals surface area contributed by atoms with Gasteiger partial charge in [-0.3, -0.25) is 0 Å². The average molecular weight is 256 g/mol. The van der Waals surface area contributed by atoms with E-state index in [2.05, 4.69) is 4.90 Å². The van der Waals surface area contributed by atoms with Crippen molar-refractivity contribution in [2.24, 2.45) is 0 Å². The van der Waals surface area contributed by atoms with Crippen LogP contribution in [0.25, 0.3) is 0 Å². The molecule has 0 spiro atoms. The lowest BCUT2D eigenvalue weighted by Gasteiger charge is -2.15. The predicted octanol–water partition coefficient (Wildman–Crippen LogP) is 1.76. The topological polar surface area (TPSA) is 37.4 Å². The molecule has 0 aliphatic carbocycles. The molecule has 0 saturated carbocycles. The van der Waals surface area contributed by atoms with E-state index in [1.807, 2.05) is 7.05 Å². The quantitative estimate of drug-likeness (QED) is 0.466. The zero-order valence-electron chi connectivity index (χ0n) is 9.71. The van der Waals surface area contributed by atoms with Crippen LogP contribution in [0.15, 0.2) is 0 Å². The van der Waals surface area contributed by atoms with Crippen LogP contribution < -0.4 is 0 Å². The van der Waals surface area contributed by atoms with E-state index in [1.165, 1.54) is 6.26 Å². The normalized spacial score (nSPS) is 12.3. The number of unbranched alkanes of at least 4 members (excludes halogenated alkanes) is 2. The highest BCUT2D eigenvalue weighted by Crippen LogP contribution is 2.00. The van der Waals surface area contributed by atoms with Gasteiger partial charge in [0.25, 0.3) is 0 Å². The Balaban J connectivity index is 3.37. The first-order chi connectivity index (χ1) is 6.95. The third-order valence-corrected chi connectivity index (χ3v) is 3.53. The van der Waals surface area contributed by atoms with E-state index < -0.39 is 9.84 Å². The van der Waals surface area contributed by atoms with Crippen molar-refractivity contribution in [1.29, 1.82) is 0 Å². The van der Waals surface area contributed by atoms with E-state index >= 15 is 0 Å². The standard InChI is InChI=1S/C10H22ClNO2S/c1-12(8-5-3-4-7-11)9-6-10-15(2,13)14/h3-10H2,1-2H3. The lowest BCUT2D eigenvalue weighted by atomic mass is 10.2. The largest absolute Gasteiger partial charge is 0.306 e. The van der Waals surface area contributed by atoms with E-state index in [4.69, 9.17) is 11.6 Å². The third kappa shape index (κ3) is 12.1. The van der Waals surface area contributed by atoms with Crippen molar-refractivity contribution in [3.8, 4) is 0 Å². The Morgan fingerprint density at radius 2 is 1.67 bits per heavy atom. The van der Waals surface area contributed by atoms with Gasteiger partial charge in [0.1, 0.15) is 9.84 Å². The molecule has 0 rings (SSSR count). The second kappa shape index (κ2) is 8.36. The van der Waals surface area contributed by atoms with Crippen molar-refractivity contribution in [3.05, 3.63) is 0 Å². The predicted molar refractivity (Wildman–Crippen MR) is 66.4 cm³/mol. The highest BCUT2D eigenvalue weighted by molar-refractivity contribution is 7.90. The van der Waals surface area contributed by atoms with Crippen molar-refractivity contribution >= 4 is 21.4 Å². The third-order valence-electron chi connectivity index (χ3n) is 2.23. The number of nitrogens with zero attached hydrogens (tertiary/aromatic N) is 1. The maximum absolute atomic E-state index is 10.9. The maximum atomic E-state index is 10.9. The van der Waals surface area contributed by atoms with Gasteiger partial charge in [0.2, 0.25) is 0 Å². The lowest BCUT2D eigenvalue weighted by Crippen LogP contribution is -2.22. The molecule has 0 saturated heterocycles. The number of hydrogen-bond donors (Lipinski definition) is 0. The molecule has 0 aromatic carbocycles. The summed E-state index contributed by atoms with van der Waals surface area (Å²) in [5.74, 6) is 1.02. The van der Waals surface area contributed by atoms with Gasteiger partial charge in [-0.05, 0) is 39.4 Å². The van der Waals surface area contributed by atoms with Crippen LogP contribution in [0.4, 0.5) is 0 Å². The van der Waals surface area contributed by atoms with Gasteiger partial charge in [-0.15, -0.1) is 11.6 Å². The van der Waals surface area contributed by atoms with E-state index in [1.54, 1.807) is 0 Å². The summed E-state index contributed by atoms with van der Waals surface area (Å²) in [7, 11) is -0.762. The summed E-state index contributed by atoms with van der Waals surface area (Å²) in [6.07, 6.45) is 5.37. The fourth-order valence-electron chi connectivity index (χ4n) is 1.36. The van der Waals surface area contributed by atoms with Gasteiger partial charge in [0.05, 0.1) is 5.75 Å². The molecule has 0 heterocycles. The van der Waals surface area contributed by atoms with Crippen molar-refractivity contribution in [2.45, 2.75) is 25.7 Å². The molecule has 0 unspecified atom stereocenters. The van der Waals surface area contributed by atoms with Crippen LogP contribution in [0.5, 0.6) is 0 Å². The Kier molecular flexibility index (Phi) is 8.47. The van der Waals surface area contributed by atoms with E-state index in [0.29, 0.717) is 5.75 Å². The van der Waals surface area contributed by atoms with Crippen molar-refractivity contribution < 1.29 is 8.42 Å². The Labute approximate surface area is 98.7 Å². The monoisotopic (exact) mass is 255 g/mol. The second-order valence-corrected chi connectivity index (χ2v) is 6.67. The molecule has 92 valence electrons. The maximum Gasteiger partial charge on any atom is 0.147 e. The smallest absolute Gasteiger partial charge is 0.147 e. The van der Waals surface area contributed by atoms with Crippen molar-refractivity contribution in [2.75, 3.05) is 38.0 Å². The minimum atomic E-state index is -2.79. The number of sulfone groups is 1. The number of hydrogen-bond acceptors (Lipinski definition) is 3. The summed E-state index contributed by atoms with van der Waals surface area (Å²) in [4.78, 5) is 2.18. The van der Waals surface area contributed by atoms with Gasteiger partial charge in [0.15, 0.2) is 0 Å². The molecule has 0 N–H and O–H groups in total. The van der Waals surface area contributed by atoms with Crippen LogP contribution in [-0.2, 0) is 9.84 Å². The van der Waals surface area contributed by atoms with Gasteiger partial charge >= 0.3 is 0 Å². The van der Waals surface area contributed by atoms with Gasteiger partial charge in [-0.2, -0.15) is 0 Å². The summed E-state index contributed by atoms with van der Waals surface area (Å²) >= 11 is 5.57. The van der Waals surface area contributed by atoms with E-state index in [-0.39, 0.29) is 0 Å². The molecule has 0 aromatic heterocycles. The highest BCUT2D eigenvalue weighted by atomic mass is 35.5. The first kappa shape index (κ1) is 15.2. The number of alkyl halides is 1. The number of halogens is 1. The van der Waals surface area contributed by atoms with Crippen molar-refractivity contribution in [3.63, 3.8) is 0 Å². The van der Waals surface area contributed by atoms with Gasteiger partial charge < -0.3 is 4.90 Å². The zero-order chi connectivity index (χ0) is 11.7. The zero-order valence-corrected chi connectivity index (χ0v) is 11.3. The molecular formula is C10H22ClNO2S. The highest BCUT2D eigenvalue weighted by Gasteiger charge is 2.03. The van der Waals surface area contributed by atoms with E-state index in [0.717, 1.165) is 44.7 Å². The first-order valence-corrected chi connectivity index (χ1v) is 7.97. The van der Waals surface area contributed by atoms with Gasteiger partial charge in [0, 0.05) is 12.1 Å². The molecule has 15 heavy (non-hydrogen) atoms. The summed E-state index contributed by atoms with van der Waals surface area (Å²) in [6, 6.07) is 0. The molecule has 0 amide bonds. The van der Waals surface area contributed by atoms with E-state index in [9.17, 15) is 8.42 Å². The minimum absolute atomic E-state index is 0.291. The fourth-order valence-corrected chi connectivity index (χ4v) is 2.20. The summed E-state index contributed by atoms with van der Waals surface area (Å²) in [5.41, 5.74) is 0. The van der Waals surface area contributed by atoms with Crippen LogP contribution in [0.3, 0.4) is 0 Å². The van der Waals surface area contributed by atoms with Crippen LogP contribution in [-0.4, -0.2) is 51.3 Å². The molecule has 3 nitrogen and oxygen atoms in total. The van der Waals surface area contributed by atoms with Crippen LogP contribution in [0.1, 0.15) is 25.7 Å². The molecule has 5 heteroatoms. The molecule has 0 aliphatic heterocycles. The summed E-state index contributed by atoms with van der Waals surface area (Å²) in [5, 5.41) is 0. The Bertz CT molecular complexity index is 242. The Morgan fingerprint density at radius 1 is 1.07 bits per heavy atom. The fraction of sp³-hybridized carbons (Fsp3) is 1.00. The van der Waals surface area contributed by atoms with Gasteiger partial charge in [-0.25, -0.2) is 8.42 Å². The molecule has 0 aromatic rings. The number of rotatable bonds is 9. The molecule has 0 aliphatic rings. The molecular weight excluding hydrogens is 234 g/mol. The Hall–Kier alpha value is 0.200. The molecule has 0 bridgehead atoms. The second-order valence-electron chi connectivity index (χ2n) is 4.04. The summed E-state index contributed by atoms with van der Waals surface area (Å²) in [6.45, 7) is 1.88. The molecule has 0 radical (unpaired) electrons. The van der Waals surface area contributed by atoms with Crippen LogP contribution in [0.2, 0.25) is 0 Å². The lowest BCUT2D eigenvalue weighted by molar-refractivity contribution is 0.326. The average Bonchev–Trinajstić information content (AvgIpc) is 2.10. The van der Waals surface area contributed by atoms with Crippen LogP contribution >= 0.6 is 11.6 Å².